The summed E-state index contributed by atoms with van der Waals surface area (Å²) in [5.41, 5.74) is 7.83. The molecule has 1 unspecified atom stereocenters. The van der Waals surface area contributed by atoms with Crippen LogP contribution in [0.4, 0.5) is 0 Å². The molecular formula is C16H18N2O. The van der Waals surface area contributed by atoms with E-state index in [1.807, 2.05) is 18.2 Å². The molecule has 0 spiro atoms. The van der Waals surface area contributed by atoms with E-state index in [1.54, 1.807) is 0 Å². The molecule has 2 aromatic carbocycles. The molecule has 0 aliphatic carbocycles. The predicted octanol–water partition coefficient (Wildman–Crippen LogP) is 2.48. The number of hydrogen-bond acceptors (Lipinski definition) is 3. The fraction of sp³-hybridized carbons (Fsp3) is 0.250. The molecule has 0 fully saturated rings. The van der Waals surface area contributed by atoms with Gasteiger partial charge in [0.2, 0.25) is 0 Å². The summed E-state index contributed by atoms with van der Waals surface area (Å²) in [5, 5.41) is 0. The van der Waals surface area contributed by atoms with Crippen molar-refractivity contribution in [2.75, 3.05) is 6.61 Å². The van der Waals surface area contributed by atoms with Gasteiger partial charge >= 0.3 is 0 Å². The Kier molecular flexibility index (Phi) is 3.23. The monoisotopic (exact) mass is 254 g/mol. The second-order valence-electron chi connectivity index (χ2n) is 4.92. The molecule has 3 rings (SSSR count). The summed E-state index contributed by atoms with van der Waals surface area (Å²) in [6.07, 6.45) is 0.980. The summed E-state index contributed by atoms with van der Waals surface area (Å²) >= 11 is 0. The molecule has 98 valence electrons. The Morgan fingerprint density at radius 1 is 1.21 bits per heavy atom. The van der Waals surface area contributed by atoms with Crippen molar-refractivity contribution in [3.05, 3.63) is 64.7 Å². The van der Waals surface area contributed by atoms with Gasteiger partial charge in [0.05, 0.1) is 12.6 Å². The van der Waals surface area contributed by atoms with Gasteiger partial charge in [0.25, 0.3) is 0 Å². The standard InChI is InChI=1S/C16H18N2O/c1-11-4-2-3-5-14(11)16(18-17)13-6-7-15-12(10-13)8-9-19-15/h2-7,10,16,18H,8-9,17H2,1H3. The van der Waals surface area contributed by atoms with E-state index >= 15 is 0 Å². The first-order chi connectivity index (χ1) is 9.29. The first-order valence-corrected chi connectivity index (χ1v) is 6.57. The van der Waals surface area contributed by atoms with E-state index < -0.39 is 0 Å². The van der Waals surface area contributed by atoms with Gasteiger partial charge in [-0.05, 0) is 35.2 Å². The largest absolute Gasteiger partial charge is 0.493 e. The van der Waals surface area contributed by atoms with Crippen LogP contribution in [0.3, 0.4) is 0 Å². The fourth-order valence-corrected chi connectivity index (χ4v) is 2.66. The van der Waals surface area contributed by atoms with Crippen LogP contribution in [0.1, 0.15) is 28.3 Å². The molecule has 3 N–H and O–H groups in total. The highest BCUT2D eigenvalue weighted by atomic mass is 16.5. The number of hydrogen-bond donors (Lipinski definition) is 2. The Balaban J connectivity index is 2.01. The van der Waals surface area contributed by atoms with Crippen LogP contribution in [0, 0.1) is 6.92 Å². The lowest BCUT2D eigenvalue weighted by atomic mass is 9.94. The molecule has 19 heavy (non-hydrogen) atoms. The third-order valence-electron chi connectivity index (χ3n) is 3.71. The van der Waals surface area contributed by atoms with Gasteiger partial charge in [0.1, 0.15) is 5.75 Å². The Bertz CT molecular complexity index is 595. The zero-order valence-corrected chi connectivity index (χ0v) is 11.0. The first kappa shape index (κ1) is 12.2. The van der Waals surface area contributed by atoms with Crippen LogP contribution < -0.4 is 16.0 Å². The average molecular weight is 254 g/mol. The van der Waals surface area contributed by atoms with Gasteiger partial charge in [-0.1, -0.05) is 36.4 Å². The van der Waals surface area contributed by atoms with Crippen molar-refractivity contribution < 1.29 is 4.74 Å². The molecule has 0 aromatic heterocycles. The lowest BCUT2D eigenvalue weighted by Crippen LogP contribution is -2.29. The predicted molar refractivity (Wildman–Crippen MR) is 76.0 cm³/mol. The minimum atomic E-state index is 0.0205. The molecule has 0 saturated heterocycles. The van der Waals surface area contributed by atoms with Gasteiger partial charge in [-0.25, -0.2) is 5.43 Å². The molecule has 3 nitrogen and oxygen atoms in total. The molecule has 1 aliphatic rings. The van der Waals surface area contributed by atoms with Crippen molar-refractivity contribution in [2.24, 2.45) is 5.84 Å². The van der Waals surface area contributed by atoms with Crippen LogP contribution in [-0.2, 0) is 6.42 Å². The van der Waals surface area contributed by atoms with Crippen molar-refractivity contribution in [3.8, 4) is 5.75 Å². The van der Waals surface area contributed by atoms with E-state index in [4.69, 9.17) is 10.6 Å². The number of hydrazine groups is 1. The number of benzene rings is 2. The summed E-state index contributed by atoms with van der Waals surface area (Å²) in [5.74, 6) is 6.77. The molecule has 1 atom stereocenters. The molecular weight excluding hydrogens is 236 g/mol. The lowest BCUT2D eigenvalue weighted by Gasteiger charge is -2.19. The van der Waals surface area contributed by atoms with E-state index in [1.165, 1.54) is 22.3 Å². The number of nitrogens with two attached hydrogens (primary N) is 1. The van der Waals surface area contributed by atoms with Crippen molar-refractivity contribution in [1.82, 2.24) is 5.43 Å². The van der Waals surface area contributed by atoms with Gasteiger partial charge in [0.15, 0.2) is 0 Å². The molecule has 1 aliphatic heterocycles. The smallest absolute Gasteiger partial charge is 0.122 e. The molecule has 3 heteroatoms. The molecule has 0 saturated carbocycles. The van der Waals surface area contributed by atoms with Gasteiger partial charge in [-0.2, -0.15) is 0 Å². The highest BCUT2D eigenvalue weighted by Crippen LogP contribution is 2.31. The van der Waals surface area contributed by atoms with Gasteiger partial charge in [0, 0.05) is 6.42 Å². The number of ether oxygens (including phenoxy) is 1. The molecule has 2 aromatic rings. The van der Waals surface area contributed by atoms with E-state index in [0.717, 1.165) is 18.8 Å². The van der Waals surface area contributed by atoms with Crippen LogP contribution in [0.2, 0.25) is 0 Å². The summed E-state index contributed by atoms with van der Waals surface area (Å²) in [6, 6.07) is 14.7. The second-order valence-corrected chi connectivity index (χ2v) is 4.92. The summed E-state index contributed by atoms with van der Waals surface area (Å²) in [7, 11) is 0. The van der Waals surface area contributed by atoms with Crippen molar-refractivity contribution >= 4 is 0 Å². The summed E-state index contributed by atoms with van der Waals surface area (Å²) in [4.78, 5) is 0. The first-order valence-electron chi connectivity index (χ1n) is 6.57. The minimum absolute atomic E-state index is 0.0205. The third-order valence-corrected chi connectivity index (χ3v) is 3.71. The number of fused-ring (bicyclic) bond motifs is 1. The van der Waals surface area contributed by atoms with E-state index in [9.17, 15) is 0 Å². The summed E-state index contributed by atoms with van der Waals surface area (Å²) in [6.45, 7) is 2.89. The highest BCUT2D eigenvalue weighted by Gasteiger charge is 2.18. The third kappa shape index (κ3) is 2.23. The lowest BCUT2D eigenvalue weighted by molar-refractivity contribution is 0.357. The Morgan fingerprint density at radius 3 is 2.84 bits per heavy atom. The summed E-state index contributed by atoms with van der Waals surface area (Å²) < 4.78 is 5.54. The Labute approximate surface area is 113 Å². The van der Waals surface area contributed by atoms with Crippen LogP contribution in [0.25, 0.3) is 0 Å². The highest BCUT2D eigenvalue weighted by molar-refractivity contribution is 5.44. The minimum Gasteiger partial charge on any atom is -0.493 e. The topological polar surface area (TPSA) is 47.3 Å². The quantitative estimate of drug-likeness (QED) is 0.653. The molecule has 1 heterocycles. The van der Waals surface area contributed by atoms with Crippen LogP contribution >= 0.6 is 0 Å². The number of nitrogens with one attached hydrogen (secondary N) is 1. The van der Waals surface area contributed by atoms with E-state index in [2.05, 4.69) is 36.6 Å². The number of aryl methyl sites for hydroxylation is 1. The average Bonchev–Trinajstić information content (AvgIpc) is 2.89. The van der Waals surface area contributed by atoms with Crippen LogP contribution in [-0.4, -0.2) is 6.61 Å². The van der Waals surface area contributed by atoms with Crippen molar-refractivity contribution in [3.63, 3.8) is 0 Å². The molecule has 0 radical (unpaired) electrons. The zero-order valence-electron chi connectivity index (χ0n) is 11.0. The van der Waals surface area contributed by atoms with Gasteiger partial charge in [-0.3, -0.25) is 5.84 Å². The van der Waals surface area contributed by atoms with Crippen molar-refractivity contribution in [2.45, 2.75) is 19.4 Å². The van der Waals surface area contributed by atoms with Crippen LogP contribution in [0.5, 0.6) is 5.75 Å². The Hall–Kier alpha value is -1.84. The number of rotatable bonds is 3. The Morgan fingerprint density at radius 2 is 2.05 bits per heavy atom. The van der Waals surface area contributed by atoms with Crippen molar-refractivity contribution in [1.29, 1.82) is 0 Å². The van der Waals surface area contributed by atoms with Crippen LogP contribution in [0.15, 0.2) is 42.5 Å². The maximum atomic E-state index is 5.77. The maximum absolute atomic E-state index is 5.77. The second kappa shape index (κ2) is 5.03. The van der Waals surface area contributed by atoms with E-state index in [-0.39, 0.29) is 6.04 Å². The maximum Gasteiger partial charge on any atom is 0.122 e. The molecule has 0 bridgehead atoms. The van der Waals surface area contributed by atoms with Gasteiger partial charge in [-0.15, -0.1) is 0 Å². The SMILES string of the molecule is Cc1ccccc1C(NN)c1ccc2c(c1)CCO2. The van der Waals surface area contributed by atoms with E-state index in [0.29, 0.717) is 0 Å². The fourth-order valence-electron chi connectivity index (χ4n) is 2.66. The normalized spacial score (nSPS) is 14.8. The zero-order chi connectivity index (χ0) is 13.2. The molecule has 0 amide bonds. The van der Waals surface area contributed by atoms with Gasteiger partial charge < -0.3 is 4.74 Å².